The highest BCUT2D eigenvalue weighted by atomic mass is 79.9. The first-order valence-corrected chi connectivity index (χ1v) is 5.36. The van der Waals surface area contributed by atoms with E-state index >= 15 is 0 Å². The van der Waals surface area contributed by atoms with Gasteiger partial charge in [-0.2, -0.15) is 0 Å². The lowest BCUT2D eigenvalue weighted by Crippen LogP contribution is -2.04. The van der Waals surface area contributed by atoms with Gasteiger partial charge in [-0.25, -0.2) is 0 Å². The van der Waals surface area contributed by atoms with E-state index < -0.39 is 4.92 Å². The number of nitrogens with zero attached hydrogens (tertiary/aromatic N) is 1. The van der Waals surface area contributed by atoms with Gasteiger partial charge in [0.1, 0.15) is 5.78 Å². The second-order valence-electron chi connectivity index (χ2n) is 3.17. The van der Waals surface area contributed by atoms with Crippen molar-refractivity contribution in [2.45, 2.75) is 13.3 Å². The average molecular weight is 288 g/mol. The molecule has 0 aromatic heterocycles. The molecule has 0 aliphatic rings. The monoisotopic (exact) mass is 287 g/mol. The smallest absolute Gasteiger partial charge is 0.312 e. The largest absolute Gasteiger partial charge is 0.486 e. The van der Waals surface area contributed by atoms with Crippen LogP contribution in [0.25, 0.3) is 0 Å². The van der Waals surface area contributed by atoms with Crippen LogP contribution >= 0.6 is 15.9 Å². The number of halogens is 1. The van der Waals surface area contributed by atoms with E-state index in [1.54, 1.807) is 6.07 Å². The van der Waals surface area contributed by atoms with Crippen LogP contribution in [-0.4, -0.2) is 17.3 Å². The average Bonchev–Trinajstić information content (AvgIpc) is 2.19. The predicted octanol–water partition coefficient (Wildman–Crippen LogP) is 2.72. The van der Waals surface area contributed by atoms with Crippen LogP contribution in [0.4, 0.5) is 5.69 Å². The van der Waals surface area contributed by atoms with Gasteiger partial charge in [-0.05, 0) is 19.1 Å². The molecule has 0 amide bonds. The molecule has 0 saturated carbocycles. The summed E-state index contributed by atoms with van der Waals surface area (Å²) >= 11 is 3.14. The Labute approximate surface area is 101 Å². The molecule has 0 heterocycles. The number of carbonyl (C=O) groups excluding carboxylic acids is 1. The molecule has 0 aliphatic carbocycles. The molecule has 0 saturated heterocycles. The molecule has 0 aliphatic heterocycles. The van der Waals surface area contributed by atoms with Crippen molar-refractivity contribution in [2.24, 2.45) is 0 Å². The van der Waals surface area contributed by atoms with Gasteiger partial charge in [0.2, 0.25) is 0 Å². The fourth-order valence-corrected chi connectivity index (χ4v) is 1.41. The van der Waals surface area contributed by atoms with Crippen molar-refractivity contribution in [3.8, 4) is 5.75 Å². The van der Waals surface area contributed by atoms with E-state index in [-0.39, 0.29) is 30.2 Å². The zero-order valence-corrected chi connectivity index (χ0v) is 10.2. The number of ketones is 1. The van der Waals surface area contributed by atoms with Crippen LogP contribution in [0.5, 0.6) is 5.75 Å². The summed E-state index contributed by atoms with van der Waals surface area (Å²) in [6.07, 6.45) is 0.243. The molecular formula is C10H10BrNO4. The van der Waals surface area contributed by atoms with Crippen molar-refractivity contribution in [2.75, 3.05) is 6.61 Å². The minimum absolute atomic E-state index is 0.0141. The van der Waals surface area contributed by atoms with E-state index in [1.165, 1.54) is 19.1 Å². The van der Waals surface area contributed by atoms with Gasteiger partial charge < -0.3 is 4.74 Å². The Morgan fingerprint density at radius 1 is 1.56 bits per heavy atom. The van der Waals surface area contributed by atoms with Gasteiger partial charge in [-0.3, -0.25) is 14.9 Å². The molecule has 1 aromatic rings. The third kappa shape index (κ3) is 3.62. The second-order valence-corrected chi connectivity index (χ2v) is 4.09. The van der Waals surface area contributed by atoms with Crippen molar-refractivity contribution >= 4 is 27.4 Å². The van der Waals surface area contributed by atoms with E-state index in [9.17, 15) is 14.9 Å². The summed E-state index contributed by atoms with van der Waals surface area (Å²) in [5.41, 5.74) is -0.113. The number of nitro benzene ring substituents is 1. The highest BCUT2D eigenvalue weighted by Crippen LogP contribution is 2.30. The Morgan fingerprint density at radius 3 is 2.81 bits per heavy atom. The van der Waals surface area contributed by atoms with E-state index in [1.807, 2.05) is 0 Å². The number of hydrogen-bond donors (Lipinski definition) is 0. The summed E-state index contributed by atoms with van der Waals surface area (Å²) in [6, 6.07) is 4.52. The Kier molecular flexibility index (Phi) is 4.42. The molecule has 0 atom stereocenters. The Bertz CT molecular complexity index is 419. The van der Waals surface area contributed by atoms with Crippen LogP contribution in [0.2, 0.25) is 0 Å². The number of hydrogen-bond acceptors (Lipinski definition) is 4. The van der Waals surface area contributed by atoms with Crippen LogP contribution in [-0.2, 0) is 4.79 Å². The molecule has 86 valence electrons. The first-order chi connectivity index (χ1) is 7.50. The number of rotatable bonds is 5. The summed E-state index contributed by atoms with van der Waals surface area (Å²) in [5, 5.41) is 10.7. The normalized spacial score (nSPS) is 9.88. The number of ether oxygens (including phenoxy) is 1. The van der Waals surface area contributed by atoms with Gasteiger partial charge in [0.05, 0.1) is 11.5 Å². The Hall–Kier alpha value is -1.43. The van der Waals surface area contributed by atoms with Crippen LogP contribution in [0.15, 0.2) is 22.7 Å². The van der Waals surface area contributed by atoms with Gasteiger partial charge in [-0.15, -0.1) is 0 Å². The quantitative estimate of drug-likeness (QED) is 0.617. The minimum Gasteiger partial charge on any atom is -0.486 e. The van der Waals surface area contributed by atoms with Crippen molar-refractivity contribution in [3.05, 3.63) is 32.8 Å². The highest BCUT2D eigenvalue weighted by Gasteiger charge is 2.15. The number of benzene rings is 1. The maximum Gasteiger partial charge on any atom is 0.312 e. The molecule has 6 heteroatoms. The summed E-state index contributed by atoms with van der Waals surface area (Å²) in [7, 11) is 0. The first-order valence-electron chi connectivity index (χ1n) is 4.57. The maximum absolute atomic E-state index is 10.7. The zero-order valence-electron chi connectivity index (χ0n) is 8.60. The fraction of sp³-hybridized carbons (Fsp3) is 0.300. The molecule has 0 unspecified atom stereocenters. The van der Waals surface area contributed by atoms with Crippen molar-refractivity contribution in [1.82, 2.24) is 0 Å². The molecule has 16 heavy (non-hydrogen) atoms. The maximum atomic E-state index is 10.7. The van der Waals surface area contributed by atoms with Crippen LogP contribution in [0.3, 0.4) is 0 Å². The lowest BCUT2D eigenvalue weighted by Gasteiger charge is -2.05. The molecule has 0 fully saturated rings. The van der Waals surface area contributed by atoms with Crippen molar-refractivity contribution < 1.29 is 14.5 Å². The third-order valence-corrected chi connectivity index (χ3v) is 2.32. The van der Waals surface area contributed by atoms with Gasteiger partial charge >= 0.3 is 5.69 Å². The van der Waals surface area contributed by atoms with Crippen LogP contribution in [0.1, 0.15) is 13.3 Å². The van der Waals surface area contributed by atoms with Gasteiger partial charge in [0.15, 0.2) is 5.75 Å². The van der Waals surface area contributed by atoms with E-state index in [0.717, 1.165) is 0 Å². The molecular weight excluding hydrogens is 278 g/mol. The minimum atomic E-state index is -0.520. The topological polar surface area (TPSA) is 69.4 Å². The number of Topliss-reactive ketones (excluding diaryl/α,β-unsaturated/α-hetero) is 1. The molecule has 0 N–H and O–H groups in total. The Morgan fingerprint density at radius 2 is 2.25 bits per heavy atom. The van der Waals surface area contributed by atoms with E-state index in [2.05, 4.69) is 15.9 Å². The predicted molar refractivity (Wildman–Crippen MR) is 61.6 cm³/mol. The molecule has 1 aromatic carbocycles. The highest BCUT2D eigenvalue weighted by molar-refractivity contribution is 9.10. The number of nitro groups is 1. The molecule has 0 radical (unpaired) electrons. The van der Waals surface area contributed by atoms with Crippen LogP contribution < -0.4 is 4.74 Å². The van der Waals surface area contributed by atoms with E-state index in [4.69, 9.17) is 4.74 Å². The van der Waals surface area contributed by atoms with Gasteiger partial charge in [0, 0.05) is 17.0 Å². The Balaban J connectivity index is 2.78. The van der Waals surface area contributed by atoms with Gasteiger partial charge in [0.25, 0.3) is 0 Å². The lowest BCUT2D eigenvalue weighted by atomic mass is 10.3. The van der Waals surface area contributed by atoms with Gasteiger partial charge in [-0.1, -0.05) is 15.9 Å². The molecule has 1 rings (SSSR count). The lowest BCUT2D eigenvalue weighted by molar-refractivity contribution is -0.385. The summed E-state index contributed by atoms with van der Waals surface area (Å²) in [6.45, 7) is 1.59. The summed E-state index contributed by atoms with van der Waals surface area (Å²) in [5.74, 6) is 0.161. The second kappa shape index (κ2) is 5.60. The standard InChI is InChI=1S/C10H10BrNO4/c1-7(13)4-5-16-10-3-2-8(11)6-9(10)12(14)15/h2-3,6H,4-5H2,1H3. The molecule has 0 spiro atoms. The molecule has 0 bridgehead atoms. The van der Waals surface area contributed by atoms with Crippen LogP contribution in [0, 0.1) is 10.1 Å². The van der Waals surface area contributed by atoms with Crippen molar-refractivity contribution in [1.29, 1.82) is 0 Å². The molecule has 5 nitrogen and oxygen atoms in total. The fourth-order valence-electron chi connectivity index (χ4n) is 1.06. The SMILES string of the molecule is CC(=O)CCOc1ccc(Br)cc1[N+](=O)[O-]. The summed E-state index contributed by atoms with van der Waals surface area (Å²) in [4.78, 5) is 20.9. The van der Waals surface area contributed by atoms with E-state index in [0.29, 0.717) is 4.47 Å². The van der Waals surface area contributed by atoms with Crippen molar-refractivity contribution in [3.63, 3.8) is 0 Å². The number of carbonyl (C=O) groups is 1. The first kappa shape index (κ1) is 12.6. The zero-order chi connectivity index (χ0) is 12.1. The summed E-state index contributed by atoms with van der Waals surface area (Å²) < 4.78 is 5.79. The third-order valence-electron chi connectivity index (χ3n) is 1.83.